The Morgan fingerprint density at radius 2 is 1.90 bits per heavy atom. The predicted molar refractivity (Wildman–Crippen MR) is 128 cm³/mol. The fourth-order valence-electron chi connectivity index (χ4n) is 3.07. The van der Waals surface area contributed by atoms with Gasteiger partial charge in [-0.2, -0.15) is 9.78 Å². The summed E-state index contributed by atoms with van der Waals surface area (Å²) in [7, 11) is 0. The molecule has 4 aromatic rings. The Morgan fingerprint density at radius 3 is 2.68 bits per heavy atom. The lowest BCUT2D eigenvalue weighted by Gasteiger charge is -2.11. The van der Waals surface area contributed by atoms with Crippen molar-refractivity contribution in [3.05, 3.63) is 92.1 Å². The van der Waals surface area contributed by atoms with Crippen LogP contribution in [0.1, 0.15) is 5.56 Å². The number of ether oxygens (including phenoxy) is 1. The molecule has 0 saturated heterocycles. The zero-order valence-electron chi connectivity index (χ0n) is 16.1. The highest BCUT2D eigenvalue weighted by molar-refractivity contribution is 9.10. The molecule has 0 fully saturated rings. The maximum atomic E-state index is 13.3. The average molecular weight is 493 g/mol. The second kappa shape index (κ2) is 9.17. The minimum Gasteiger partial charge on any atom is -0.479 e. The summed E-state index contributed by atoms with van der Waals surface area (Å²) in [5.74, 6) is 3.34. The molecule has 152 valence electrons. The summed E-state index contributed by atoms with van der Waals surface area (Å²) in [6, 6.07) is 20.0. The molecule has 4 rings (SSSR count). The van der Waals surface area contributed by atoms with Gasteiger partial charge in [-0.1, -0.05) is 60.0 Å². The molecule has 0 spiro atoms. The van der Waals surface area contributed by atoms with Gasteiger partial charge in [0.15, 0.2) is 5.82 Å². The largest absolute Gasteiger partial charge is 0.479 e. The van der Waals surface area contributed by atoms with Gasteiger partial charge in [-0.05, 0) is 40.2 Å². The summed E-state index contributed by atoms with van der Waals surface area (Å²) in [6.07, 6.45) is 6.83. The number of para-hydroxylation sites is 1. The van der Waals surface area contributed by atoms with E-state index in [1.807, 2.05) is 36.4 Å². The molecule has 5 nitrogen and oxygen atoms in total. The van der Waals surface area contributed by atoms with Crippen molar-refractivity contribution in [1.82, 2.24) is 9.66 Å². The van der Waals surface area contributed by atoms with Crippen molar-refractivity contribution >= 4 is 44.6 Å². The number of terminal acetylenes is 1. The van der Waals surface area contributed by atoms with Crippen LogP contribution in [0.15, 0.2) is 81.1 Å². The van der Waals surface area contributed by atoms with Gasteiger partial charge in [-0.3, -0.25) is 4.79 Å². The van der Waals surface area contributed by atoms with Crippen molar-refractivity contribution < 1.29 is 4.74 Å². The third-order valence-electron chi connectivity index (χ3n) is 4.44. The molecule has 0 aliphatic rings. The van der Waals surface area contributed by atoms with Crippen molar-refractivity contribution in [1.29, 1.82) is 0 Å². The highest BCUT2D eigenvalue weighted by Gasteiger charge is 2.13. The summed E-state index contributed by atoms with van der Waals surface area (Å²) < 4.78 is 7.54. The molecular formula is C24H15BrClN3O2. The number of hydrogen-bond acceptors (Lipinski definition) is 4. The molecule has 0 unspecified atom stereocenters. The molecule has 3 aromatic carbocycles. The fourth-order valence-corrected chi connectivity index (χ4v) is 4.02. The van der Waals surface area contributed by atoms with Crippen molar-refractivity contribution in [2.75, 3.05) is 6.61 Å². The first kappa shape index (κ1) is 20.9. The Labute approximate surface area is 192 Å². The molecule has 31 heavy (non-hydrogen) atoms. The molecule has 7 heteroatoms. The van der Waals surface area contributed by atoms with Gasteiger partial charge in [0.05, 0.1) is 21.6 Å². The normalized spacial score (nSPS) is 11.0. The Kier molecular flexibility index (Phi) is 6.17. The molecule has 0 saturated carbocycles. The first-order chi connectivity index (χ1) is 15.1. The van der Waals surface area contributed by atoms with E-state index in [4.69, 9.17) is 22.8 Å². The summed E-state index contributed by atoms with van der Waals surface area (Å²) in [4.78, 5) is 17.9. The Morgan fingerprint density at radius 1 is 1.16 bits per heavy atom. The van der Waals surface area contributed by atoms with Crippen LogP contribution in [0.3, 0.4) is 0 Å². The van der Waals surface area contributed by atoms with Crippen LogP contribution in [0.4, 0.5) is 0 Å². The van der Waals surface area contributed by atoms with Crippen molar-refractivity contribution in [3.8, 4) is 29.5 Å². The van der Waals surface area contributed by atoms with Crippen LogP contribution in [-0.4, -0.2) is 22.5 Å². The third-order valence-corrected chi connectivity index (χ3v) is 5.24. The van der Waals surface area contributed by atoms with Gasteiger partial charge in [0.25, 0.3) is 5.56 Å². The number of hydrogen-bond donors (Lipinski definition) is 0. The summed E-state index contributed by atoms with van der Waals surface area (Å²) in [5, 5.41) is 5.41. The minimum atomic E-state index is -0.284. The first-order valence-electron chi connectivity index (χ1n) is 9.25. The van der Waals surface area contributed by atoms with Gasteiger partial charge in [0.1, 0.15) is 12.4 Å². The third kappa shape index (κ3) is 4.38. The van der Waals surface area contributed by atoms with E-state index in [1.165, 1.54) is 10.9 Å². The van der Waals surface area contributed by atoms with Gasteiger partial charge in [-0.25, -0.2) is 4.98 Å². The van der Waals surface area contributed by atoms with Crippen LogP contribution in [0.25, 0.3) is 22.3 Å². The summed E-state index contributed by atoms with van der Waals surface area (Å²) in [6.45, 7) is 0.0772. The van der Waals surface area contributed by atoms with Crippen molar-refractivity contribution in [3.63, 3.8) is 0 Å². The number of rotatable bonds is 5. The minimum absolute atomic E-state index is 0.0772. The predicted octanol–water partition coefficient (Wildman–Crippen LogP) is 5.37. The molecule has 1 heterocycles. The van der Waals surface area contributed by atoms with E-state index in [1.54, 1.807) is 30.3 Å². The van der Waals surface area contributed by atoms with E-state index in [0.29, 0.717) is 37.5 Å². The molecular weight excluding hydrogens is 478 g/mol. The van der Waals surface area contributed by atoms with Gasteiger partial charge in [-0.15, -0.1) is 6.42 Å². The van der Waals surface area contributed by atoms with E-state index in [2.05, 4.69) is 31.9 Å². The van der Waals surface area contributed by atoms with Crippen molar-refractivity contribution in [2.45, 2.75) is 0 Å². The van der Waals surface area contributed by atoms with E-state index in [0.717, 1.165) is 5.56 Å². The van der Waals surface area contributed by atoms with Crippen LogP contribution in [0.2, 0.25) is 5.02 Å². The van der Waals surface area contributed by atoms with E-state index >= 15 is 0 Å². The Bertz CT molecular complexity index is 1390. The highest BCUT2D eigenvalue weighted by atomic mass is 79.9. The van der Waals surface area contributed by atoms with Crippen LogP contribution in [0.5, 0.6) is 5.75 Å². The maximum absolute atomic E-state index is 13.3. The molecule has 0 aliphatic carbocycles. The smallest absolute Gasteiger partial charge is 0.282 e. The zero-order chi connectivity index (χ0) is 21.8. The molecule has 0 amide bonds. The van der Waals surface area contributed by atoms with Gasteiger partial charge in [0, 0.05) is 16.1 Å². The Balaban J connectivity index is 1.91. The van der Waals surface area contributed by atoms with E-state index in [9.17, 15) is 4.79 Å². The lowest BCUT2D eigenvalue weighted by atomic mass is 10.2. The van der Waals surface area contributed by atoms with E-state index in [-0.39, 0.29) is 12.2 Å². The molecule has 0 N–H and O–H groups in total. The number of fused-ring (bicyclic) bond motifs is 1. The quantitative estimate of drug-likeness (QED) is 0.278. The zero-order valence-corrected chi connectivity index (χ0v) is 18.5. The van der Waals surface area contributed by atoms with E-state index < -0.39 is 0 Å². The fraction of sp³-hybridized carbons (Fsp3) is 0.0417. The number of benzene rings is 3. The highest BCUT2D eigenvalue weighted by Crippen LogP contribution is 2.32. The lowest BCUT2D eigenvalue weighted by Crippen LogP contribution is -2.20. The topological polar surface area (TPSA) is 56.5 Å². The van der Waals surface area contributed by atoms with Gasteiger partial charge < -0.3 is 4.74 Å². The molecule has 1 aromatic heterocycles. The average Bonchev–Trinajstić information content (AvgIpc) is 2.78. The lowest BCUT2D eigenvalue weighted by molar-refractivity contribution is 0.367. The maximum Gasteiger partial charge on any atom is 0.282 e. The second-order valence-electron chi connectivity index (χ2n) is 6.48. The van der Waals surface area contributed by atoms with Gasteiger partial charge >= 0.3 is 0 Å². The van der Waals surface area contributed by atoms with Crippen LogP contribution >= 0.6 is 27.5 Å². The SMILES string of the molecule is C#CCOc1c(Br)cc(Cl)cc1C=Nn1c(-c2ccccc2)nc2ccccc2c1=O. The first-order valence-corrected chi connectivity index (χ1v) is 10.4. The standard InChI is InChI=1S/C24H15BrClN3O2/c1-2-12-31-22-17(13-18(26)14-20(22)25)15-27-29-23(16-8-4-3-5-9-16)28-21-11-7-6-10-19(21)24(29)30/h1,3-11,13-15H,12H2. The molecule has 0 radical (unpaired) electrons. The van der Waals surface area contributed by atoms with Crippen LogP contribution in [-0.2, 0) is 0 Å². The molecule has 0 bridgehead atoms. The molecule has 0 atom stereocenters. The summed E-state index contributed by atoms with van der Waals surface area (Å²) in [5.41, 5.74) is 1.64. The number of halogens is 2. The van der Waals surface area contributed by atoms with Crippen molar-refractivity contribution in [2.24, 2.45) is 5.10 Å². The number of nitrogens with zero attached hydrogens (tertiary/aromatic N) is 3. The number of aromatic nitrogens is 2. The Hall–Kier alpha value is -3.40. The second-order valence-corrected chi connectivity index (χ2v) is 7.77. The monoisotopic (exact) mass is 491 g/mol. The van der Waals surface area contributed by atoms with Crippen LogP contribution < -0.4 is 10.3 Å². The molecule has 0 aliphatic heterocycles. The van der Waals surface area contributed by atoms with Gasteiger partial charge in [0.2, 0.25) is 0 Å². The van der Waals surface area contributed by atoms with Crippen LogP contribution in [0, 0.1) is 12.3 Å². The summed E-state index contributed by atoms with van der Waals surface area (Å²) >= 11 is 9.64.